The van der Waals surface area contributed by atoms with Crippen molar-refractivity contribution in [2.75, 3.05) is 7.05 Å². The maximum absolute atomic E-state index is 14.3. The lowest BCUT2D eigenvalue weighted by Crippen LogP contribution is -2.49. The Morgan fingerprint density at radius 2 is 1.87 bits per heavy atom. The lowest BCUT2D eigenvalue weighted by Gasteiger charge is -2.41. The molecule has 2 saturated carbocycles. The molecule has 0 radical (unpaired) electrons. The van der Waals surface area contributed by atoms with Gasteiger partial charge in [0.25, 0.3) is 0 Å². The van der Waals surface area contributed by atoms with Gasteiger partial charge in [-0.3, -0.25) is 4.79 Å². The Kier molecular flexibility index (Phi) is 6.59. The fourth-order valence-corrected chi connectivity index (χ4v) is 5.18. The van der Waals surface area contributed by atoms with E-state index < -0.39 is 5.41 Å². The van der Waals surface area contributed by atoms with Crippen LogP contribution in [0.4, 0.5) is 4.39 Å². The van der Waals surface area contributed by atoms with Gasteiger partial charge in [-0.1, -0.05) is 52.3 Å². The van der Waals surface area contributed by atoms with Gasteiger partial charge >= 0.3 is 0 Å². The summed E-state index contributed by atoms with van der Waals surface area (Å²) in [5, 5.41) is 11.3. The third-order valence-corrected chi connectivity index (χ3v) is 7.55. The first-order valence-electron chi connectivity index (χ1n) is 11.0. The highest BCUT2D eigenvalue weighted by molar-refractivity contribution is 5.84. The van der Waals surface area contributed by atoms with Crippen molar-refractivity contribution in [1.29, 1.82) is 0 Å². The Hall–Kier alpha value is -2.30. The second-order valence-electron chi connectivity index (χ2n) is 9.48. The average molecular weight is 412 g/mol. The van der Waals surface area contributed by atoms with Gasteiger partial charge in [-0.05, 0) is 60.8 Å². The van der Waals surface area contributed by atoms with Gasteiger partial charge in [0.05, 0.1) is 11.1 Å². The number of nitrogens with zero attached hydrogens (tertiary/aromatic N) is 2. The molecule has 2 fully saturated rings. The largest absolute Gasteiger partial charge is 0.353 e. The number of benzene rings is 1. The van der Waals surface area contributed by atoms with E-state index >= 15 is 0 Å². The standard InChI is InChI=1S/C25H34FN3O/c1-17(16-22(29-27-5)19-12-8-9-13-21(19)26)20-14-15-25(4,24(20,2)3)23(30)28-18-10-6-7-11-18/h8-9,12-13,16,18,20H,1,6-7,10-11,14-15H2,2-5H3,(H,28,30)/b22-16-,29-27-/t20-,25-/m0/s1. The SMILES string of the molecule is C=C(/C=C(\N=N/C)c1ccccc1F)[C@@H]1CC[C@@](C)(C(=O)NC2CCCC2)C1(C)C. The van der Waals surface area contributed by atoms with Crippen molar-refractivity contribution < 1.29 is 9.18 Å². The number of allylic oxidation sites excluding steroid dienone is 2. The summed E-state index contributed by atoms with van der Waals surface area (Å²) in [6, 6.07) is 6.86. The van der Waals surface area contributed by atoms with Crippen LogP contribution in [0, 0.1) is 22.6 Å². The molecule has 2 aliphatic rings. The Morgan fingerprint density at radius 1 is 1.20 bits per heavy atom. The molecule has 4 nitrogen and oxygen atoms in total. The van der Waals surface area contributed by atoms with Crippen LogP contribution in [0.5, 0.6) is 0 Å². The van der Waals surface area contributed by atoms with Crippen molar-refractivity contribution in [3.05, 3.63) is 53.9 Å². The van der Waals surface area contributed by atoms with Crippen LogP contribution in [-0.4, -0.2) is 19.0 Å². The molecule has 30 heavy (non-hydrogen) atoms. The van der Waals surface area contributed by atoms with Gasteiger partial charge in [0, 0.05) is 18.7 Å². The molecule has 162 valence electrons. The highest BCUT2D eigenvalue weighted by Gasteiger charge is 2.56. The summed E-state index contributed by atoms with van der Waals surface area (Å²) in [4.78, 5) is 13.3. The predicted octanol–water partition coefficient (Wildman–Crippen LogP) is 6.31. The molecule has 1 aromatic rings. The van der Waals surface area contributed by atoms with Crippen LogP contribution in [-0.2, 0) is 4.79 Å². The molecular formula is C25H34FN3O. The van der Waals surface area contributed by atoms with E-state index in [0.717, 1.165) is 31.3 Å². The van der Waals surface area contributed by atoms with E-state index in [1.807, 2.05) is 6.08 Å². The van der Waals surface area contributed by atoms with Crippen molar-refractivity contribution in [1.82, 2.24) is 5.32 Å². The maximum Gasteiger partial charge on any atom is 0.226 e. The van der Waals surface area contributed by atoms with E-state index in [2.05, 4.69) is 42.9 Å². The van der Waals surface area contributed by atoms with Crippen LogP contribution >= 0.6 is 0 Å². The minimum atomic E-state index is -0.471. The molecule has 1 aromatic carbocycles. The highest BCUT2D eigenvalue weighted by atomic mass is 19.1. The summed E-state index contributed by atoms with van der Waals surface area (Å²) < 4.78 is 14.3. The Labute approximate surface area is 179 Å². The smallest absolute Gasteiger partial charge is 0.226 e. The first kappa shape index (κ1) is 22.4. The van der Waals surface area contributed by atoms with Crippen LogP contribution < -0.4 is 5.32 Å². The molecule has 0 unspecified atom stereocenters. The van der Waals surface area contributed by atoms with Crippen molar-refractivity contribution in [2.24, 2.45) is 27.0 Å². The molecule has 0 saturated heterocycles. The van der Waals surface area contributed by atoms with Crippen LogP contribution in [0.2, 0.25) is 0 Å². The zero-order valence-electron chi connectivity index (χ0n) is 18.7. The van der Waals surface area contributed by atoms with Crippen LogP contribution in [0.25, 0.3) is 5.70 Å². The zero-order valence-corrected chi connectivity index (χ0v) is 18.7. The van der Waals surface area contributed by atoms with E-state index in [0.29, 0.717) is 17.3 Å². The van der Waals surface area contributed by atoms with Crippen molar-refractivity contribution in [2.45, 2.75) is 65.3 Å². The van der Waals surface area contributed by atoms with Gasteiger partial charge in [-0.25, -0.2) is 4.39 Å². The van der Waals surface area contributed by atoms with Crippen molar-refractivity contribution >= 4 is 11.6 Å². The molecular weight excluding hydrogens is 377 g/mol. The minimum Gasteiger partial charge on any atom is -0.353 e. The molecule has 1 N–H and O–H groups in total. The predicted molar refractivity (Wildman–Crippen MR) is 119 cm³/mol. The van der Waals surface area contributed by atoms with Crippen molar-refractivity contribution in [3.63, 3.8) is 0 Å². The topological polar surface area (TPSA) is 53.8 Å². The molecule has 2 aliphatic carbocycles. The number of carbonyl (C=O) groups excluding carboxylic acids is 1. The fourth-order valence-electron chi connectivity index (χ4n) is 5.18. The molecule has 0 aromatic heterocycles. The highest BCUT2D eigenvalue weighted by Crippen LogP contribution is 2.58. The van der Waals surface area contributed by atoms with E-state index in [9.17, 15) is 9.18 Å². The Balaban J connectivity index is 1.84. The Bertz CT molecular complexity index is 867. The normalized spacial score (nSPS) is 27.0. The summed E-state index contributed by atoms with van der Waals surface area (Å²) in [5.74, 6) is -0.0812. The van der Waals surface area contributed by atoms with E-state index in [4.69, 9.17) is 0 Å². The molecule has 1 amide bonds. The quantitative estimate of drug-likeness (QED) is 0.433. The van der Waals surface area contributed by atoms with Crippen molar-refractivity contribution in [3.8, 4) is 0 Å². The number of halogens is 1. The zero-order chi connectivity index (χ0) is 21.9. The third kappa shape index (κ3) is 4.12. The van der Waals surface area contributed by atoms with E-state index in [1.165, 1.54) is 18.9 Å². The van der Waals surface area contributed by atoms with E-state index in [-0.39, 0.29) is 23.1 Å². The molecule has 5 heteroatoms. The first-order chi connectivity index (χ1) is 14.2. The van der Waals surface area contributed by atoms with Gasteiger partial charge in [-0.15, -0.1) is 0 Å². The summed E-state index contributed by atoms with van der Waals surface area (Å²) in [6.07, 6.45) is 8.05. The molecule has 0 bridgehead atoms. The van der Waals surface area contributed by atoms with Gasteiger partial charge in [-0.2, -0.15) is 10.2 Å². The number of hydrogen-bond acceptors (Lipinski definition) is 3. The average Bonchev–Trinajstić information content (AvgIpc) is 3.28. The fraction of sp³-hybridized carbons (Fsp3) is 0.560. The number of azo groups is 1. The maximum atomic E-state index is 14.3. The van der Waals surface area contributed by atoms with Gasteiger partial charge in [0.2, 0.25) is 5.91 Å². The number of hydrogen-bond donors (Lipinski definition) is 1. The second-order valence-corrected chi connectivity index (χ2v) is 9.48. The number of rotatable bonds is 6. The lowest BCUT2D eigenvalue weighted by molar-refractivity contribution is -0.136. The minimum absolute atomic E-state index is 0.102. The molecule has 0 heterocycles. The lowest BCUT2D eigenvalue weighted by atomic mass is 9.63. The summed E-state index contributed by atoms with van der Waals surface area (Å²) in [7, 11) is 1.57. The Morgan fingerprint density at radius 3 is 2.50 bits per heavy atom. The third-order valence-electron chi connectivity index (χ3n) is 7.55. The second kappa shape index (κ2) is 8.83. The van der Waals surface area contributed by atoms with E-state index in [1.54, 1.807) is 25.2 Å². The monoisotopic (exact) mass is 411 g/mol. The molecule has 0 aliphatic heterocycles. The van der Waals surface area contributed by atoms with Gasteiger partial charge in [0.15, 0.2) is 0 Å². The number of nitrogens with one attached hydrogen (secondary N) is 1. The van der Waals surface area contributed by atoms with Gasteiger partial charge < -0.3 is 5.32 Å². The number of carbonyl (C=O) groups is 1. The number of amides is 1. The summed E-state index contributed by atoms with van der Waals surface area (Å²) >= 11 is 0. The van der Waals surface area contributed by atoms with Crippen LogP contribution in [0.3, 0.4) is 0 Å². The van der Waals surface area contributed by atoms with Crippen LogP contribution in [0.1, 0.15) is 64.9 Å². The summed E-state index contributed by atoms with van der Waals surface area (Å²) in [5.41, 5.74) is 0.972. The van der Waals surface area contributed by atoms with Gasteiger partial charge in [0.1, 0.15) is 5.82 Å². The first-order valence-corrected chi connectivity index (χ1v) is 11.0. The summed E-state index contributed by atoms with van der Waals surface area (Å²) in [6.45, 7) is 10.7. The molecule has 2 atom stereocenters. The molecule has 0 spiro atoms. The molecule has 3 rings (SSSR count). The van der Waals surface area contributed by atoms with Crippen LogP contribution in [0.15, 0.2) is 52.7 Å².